The molecule has 162 valence electrons. The summed E-state index contributed by atoms with van der Waals surface area (Å²) in [4.78, 5) is 23.2. The van der Waals surface area contributed by atoms with Crippen molar-refractivity contribution in [3.8, 4) is 11.9 Å². The molecule has 1 aliphatic rings. The lowest BCUT2D eigenvalue weighted by Gasteiger charge is -2.30. The fraction of sp³-hybridized carbons (Fsp3) is 0.250. The van der Waals surface area contributed by atoms with E-state index in [2.05, 4.69) is 16.9 Å². The van der Waals surface area contributed by atoms with Crippen molar-refractivity contribution in [2.45, 2.75) is 12.8 Å². The molecule has 0 spiro atoms. The number of hydrogen-bond donors (Lipinski definition) is 0. The number of likely N-dealkylation sites (tertiary alicyclic amines) is 1. The summed E-state index contributed by atoms with van der Waals surface area (Å²) < 4.78 is 6.01. The Morgan fingerprint density at radius 3 is 2.50 bits per heavy atom. The predicted molar refractivity (Wildman–Crippen MR) is 122 cm³/mol. The largest absolute Gasteiger partial charge is 0.477 e. The van der Waals surface area contributed by atoms with Crippen LogP contribution in [-0.2, 0) is 0 Å². The number of carbonyl (C=O) groups excluding carboxylic acids is 1. The number of aromatic nitrogens is 2. The van der Waals surface area contributed by atoms with E-state index in [9.17, 15) is 4.79 Å². The number of pyridine rings is 2. The van der Waals surface area contributed by atoms with E-state index in [1.165, 1.54) is 12.4 Å². The average molecular weight is 467 g/mol. The number of ether oxygens (including phenoxy) is 1. The zero-order valence-electron chi connectivity index (χ0n) is 17.3. The standard InChI is InChI=1S/C24H20Cl2N4O2/c1-24(15-32-22-9-7-19(26)12-29-22)14-30(13-21(24)16-2-5-18(25)6-3-16)23(31)17-4-8-20(10-27)28-11-17/h2-9,11-12,21H,13-15H2,1H3/t21-,24-/m1/s1. The van der Waals surface area contributed by atoms with Crippen molar-refractivity contribution >= 4 is 29.1 Å². The highest BCUT2D eigenvalue weighted by Crippen LogP contribution is 2.43. The van der Waals surface area contributed by atoms with Crippen molar-refractivity contribution in [1.82, 2.24) is 14.9 Å². The summed E-state index contributed by atoms with van der Waals surface area (Å²) >= 11 is 12.0. The first-order valence-electron chi connectivity index (χ1n) is 10.0. The Bertz CT molecular complexity index is 1140. The third-order valence-electron chi connectivity index (χ3n) is 5.73. The minimum atomic E-state index is -0.370. The third-order valence-corrected chi connectivity index (χ3v) is 6.21. The molecule has 0 saturated carbocycles. The van der Waals surface area contributed by atoms with Gasteiger partial charge < -0.3 is 9.64 Å². The van der Waals surface area contributed by atoms with Gasteiger partial charge in [0.15, 0.2) is 0 Å². The molecule has 1 fully saturated rings. The molecule has 32 heavy (non-hydrogen) atoms. The Hall–Kier alpha value is -3.14. The second-order valence-corrected chi connectivity index (χ2v) is 8.96. The van der Waals surface area contributed by atoms with Crippen molar-refractivity contribution < 1.29 is 9.53 Å². The Labute approximate surface area is 196 Å². The fourth-order valence-electron chi connectivity index (χ4n) is 4.01. The van der Waals surface area contributed by atoms with E-state index in [0.717, 1.165) is 5.56 Å². The second-order valence-electron chi connectivity index (χ2n) is 8.09. The third kappa shape index (κ3) is 4.69. The topological polar surface area (TPSA) is 79.1 Å². The Morgan fingerprint density at radius 1 is 1.12 bits per heavy atom. The van der Waals surface area contributed by atoms with Gasteiger partial charge in [-0.05, 0) is 35.9 Å². The van der Waals surface area contributed by atoms with E-state index >= 15 is 0 Å². The first-order chi connectivity index (χ1) is 15.4. The first kappa shape index (κ1) is 22.1. The zero-order valence-corrected chi connectivity index (χ0v) is 18.8. The van der Waals surface area contributed by atoms with Gasteiger partial charge in [-0.1, -0.05) is 42.3 Å². The van der Waals surface area contributed by atoms with Crippen LogP contribution in [0.1, 0.15) is 34.5 Å². The molecule has 1 saturated heterocycles. The lowest BCUT2D eigenvalue weighted by Crippen LogP contribution is -2.35. The number of carbonyl (C=O) groups is 1. The molecule has 3 aromatic rings. The van der Waals surface area contributed by atoms with Crippen molar-refractivity contribution in [3.05, 3.63) is 87.8 Å². The van der Waals surface area contributed by atoms with E-state index in [0.29, 0.717) is 41.2 Å². The fourth-order valence-corrected chi connectivity index (χ4v) is 4.25. The number of amides is 1. The van der Waals surface area contributed by atoms with Gasteiger partial charge in [-0.15, -0.1) is 0 Å². The summed E-state index contributed by atoms with van der Waals surface area (Å²) in [5.74, 6) is 0.378. The van der Waals surface area contributed by atoms with Gasteiger partial charge >= 0.3 is 0 Å². The normalized spacial score (nSPS) is 20.1. The molecule has 2 atom stereocenters. The molecule has 1 aliphatic heterocycles. The van der Waals surface area contributed by atoms with Crippen LogP contribution in [0.2, 0.25) is 10.0 Å². The summed E-state index contributed by atoms with van der Waals surface area (Å²) in [5, 5.41) is 10.1. The van der Waals surface area contributed by atoms with Crippen LogP contribution in [0.5, 0.6) is 5.88 Å². The molecule has 0 bridgehead atoms. The van der Waals surface area contributed by atoms with Crippen LogP contribution in [0, 0.1) is 16.7 Å². The summed E-state index contributed by atoms with van der Waals surface area (Å²) in [6, 6.07) is 16.3. The van der Waals surface area contributed by atoms with Crippen molar-refractivity contribution in [2.24, 2.45) is 5.41 Å². The van der Waals surface area contributed by atoms with Gasteiger partial charge in [0, 0.05) is 47.9 Å². The van der Waals surface area contributed by atoms with Crippen molar-refractivity contribution in [1.29, 1.82) is 5.26 Å². The summed E-state index contributed by atoms with van der Waals surface area (Å²) in [7, 11) is 0. The van der Waals surface area contributed by atoms with E-state index < -0.39 is 0 Å². The van der Waals surface area contributed by atoms with E-state index in [1.54, 1.807) is 29.2 Å². The van der Waals surface area contributed by atoms with Gasteiger partial charge in [0.1, 0.15) is 11.8 Å². The molecule has 1 aromatic carbocycles. The molecule has 6 nitrogen and oxygen atoms in total. The summed E-state index contributed by atoms with van der Waals surface area (Å²) in [6.07, 6.45) is 2.99. The smallest absolute Gasteiger partial charge is 0.255 e. The SMILES string of the molecule is C[C@]1(COc2ccc(Cl)cn2)CN(C(=O)c2ccc(C#N)nc2)C[C@@H]1c1ccc(Cl)cc1. The lowest BCUT2D eigenvalue weighted by atomic mass is 9.77. The van der Waals surface area contributed by atoms with Crippen molar-refractivity contribution in [2.75, 3.05) is 19.7 Å². The van der Waals surface area contributed by atoms with Gasteiger partial charge in [0.25, 0.3) is 5.91 Å². The van der Waals surface area contributed by atoms with E-state index in [4.69, 9.17) is 33.2 Å². The van der Waals surface area contributed by atoms with E-state index in [1.807, 2.05) is 30.3 Å². The quantitative estimate of drug-likeness (QED) is 0.529. The average Bonchev–Trinajstić information content (AvgIpc) is 3.16. The molecule has 1 amide bonds. The van der Waals surface area contributed by atoms with Crippen LogP contribution in [0.25, 0.3) is 0 Å². The molecule has 4 rings (SSSR count). The molecule has 3 heterocycles. The van der Waals surface area contributed by atoms with Crippen LogP contribution < -0.4 is 4.74 Å². The highest BCUT2D eigenvalue weighted by molar-refractivity contribution is 6.30. The maximum absolute atomic E-state index is 13.2. The molecule has 0 unspecified atom stereocenters. The molecule has 0 N–H and O–H groups in total. The highest BCUT2D eigenvalue weighted by atomic mass is 35.5. The number of benzene rings is 1. The minimum absolute atomic E-state index is 0.0300. The monoisotopic (exact) mass is 466 g/mol. The van der Waals surface area contributed by atoms with Crippen LogP contribution in [-0.4, -0.2) is 40.5 Å². The number of hydrogen-bond acceptors (Lipinski definition) is 5. The number of halogens is 2. The van der Waals surface area contributed by atoms with Crippen LogP contribution in [0.3, 0.4) is 0 Å². The Kier molecular flexibility index (Phi) is 6.31. The zero-order chi connectivity index (χ0) is 22.7. The number of nitrogens with zero attached hydrogens (tertiary/aromatic N) is 4. The molecule has 2 aromatic heterocycles. The van der Waals surface area contributed by atoms with Crippen LogP contribution >= 0.6 is 23.2 Å². The van der Waals surface area contributed by atoms with Crippen LogP contribution in [0.4, 0.5) is 0 Å². The van der Waals surface area contributed by atoms with E-state index in [-0.39, 0.29) is 22.9 Å². The van der Waals surface area contributed by atoms with Gasteiger partial charge in [0.2, 0.25) is 5.88 Å². The van der Waals surface area contributed by atoms with Gasteiger partial charge in [0.05, 0.1) is 17.2 Å². The summed E-state index contributed by atoms with van der Waals surface area (Å²) in [5.41, 5.74) is 1.43. The lowest BCUT2D eigenvalue weighted by molar-refractivity contribution is 0.0757. The van der Waals surface area contributed by atoms with Crippen LogP contribution in [0.15, 0.2) is 60.9 Å². The molecule has 0 aliphatic carbocycles. The second kappa shape index (κ2) is 9.15. The Morgan fingerprint density at radius 2 is 1.88 bits per heavy atom. The number of nitriles is 1. The van der Waals surface area contributed by atoms with Gasteiger partial charge in [-0.2, -0.15) is 5.26 Å². The molecule has 0 radical (unpaired) electrons. The van der Waals surface area contributed by atoms with Gasteiger partial charge in [-0.3, -0.25) is 4.79 Å². The van der Waals surface area contributed by atoms with Gasteiger partial charge in [-0.25, -0.2) is 9.97 Å². The number of rotatable bonds is 5. The Balaban J connectivity index is 1.59. The van der Waals surface area contributed by atoms with Crippen molar-refractivity contribution in [3.63, 3.8) is 0 Å². The highest BCUT2D eigenvalue weighted by Gasteiger charge is 2.46. The molecular formula is C24H20Cl2N4O2. The maximum atomic E-state index is 13.2. The first-order valence-corrected chi connectivity index (χ1v) is 10.8. The minimum Gasteiger partial charge on any atom is -0.477 e. The predicted octanol–water partition coefficient (Wildman–Crippen LogP) is 4.98. The molecule has 8 heteroatoms. The molecular weight excluding hydrogens is 447 g/mol. The maximum Gasteiger partial charge on any atom is 0.255 e. The summed E-state index contributed by atoms with van der Waals surface area (Å²) in [6.45, 7) is 3.48.